The van der Waals surface area contributed by atoms with E-state index < -0.39 is 59.9 Å². The molecule has 14 heteroatoms. The highest BCUT2D eigenvalue weighted by Gasteiger charge is 2.52. The Bertz CT molecular complexity index is 2240. The number of halogens is 1. The fraction of sp³-hybridized carbons (Fsp3) is 0.590. The molecular formula is C61H93IO9PSSi2-. The number of carboxylic acids is 1. The third-order valence-corrected chi connectivity index (χ3v) is 31.5. The van der Waals surface area contributed by atoms with Gasteiger partial charge in [0.05, 0.1) is 37.5 Å². The molecule has 3 aromatic carbocycles. The molecule has 9 nitrogen and oxygen atoms in total. The van der Waals surface area contributed by atoms with E-state index in [1.807, 2.05) is 17.9 Å². The van der Waals surface area contributed by atoms with Gasteiger partial charge in [0.15, 0.2) is 0 Å². The third kappa shape index (κ3) is 16.7. The molecule has 75 heavy (non-hydrogen) atoms. The van der Waals surface area contributed by atoms with Gasteiger partial charge in [-0.05, 0) is 131 Å². The third-order valence-electron chi connectivity index (χ3n) is 15.7. The summed E-state index contributed by atoms with van der Waals surface area (Å²) in [5, 5.41) is 16.0. The Kier molecular flexibility index (Phi) is 26.5. The molecule has 9 atom stereocenters. The van der Waals surface area contributed by atoms with Crippen LogP contribution in [0, 0.1) is 23.7 Å². The van der Waals surface area contributed by atoms with Gasteiger partial charge in [-0.25, -0.2) is 0 Å². The summed E-state index contributed by atoms with van der Waals surface area (Å²) in [5.74, 6) is -2.28. The van der Waals surface area contributed by atoms with E-state index in [1.165, 1.54) is 15.3 Å². The highest BCUT2D eigenvalue weighted by Crippen LogP contribution is 2.58. The van der Waals surface area contributed by atoms with Crippen molar-refractivity contribution in [2.45, 2.75) is 186 Å². The molecule has 1 fully saturated rings. The molecule has 418 valence electrons. The summed E-state index contributed by atoms with van der Waals surface area (Å²) in [6.45, 7) is 32.9. The van der Waals surface area contributed by atoms with Crippen LogP contribution in [-0.4, -0.2) is 78.9 Å². The van der Waals surface area contributed by atoms with E-state index in [2.05, 4.69) is 208 Å². The van der Waals surface area contributed by atoms with Crippen LogP contribution < -0.4 is 15.5 Å². The fourth-order valence-corrected chi connectivity index (χ4v) is 26.1. The quantitative estimate of drug-likeness (QED) is 0.0277. The molecule has 0 amide bonds. The molecule has 0 aromatic heterocycles. The Hall–Kier alpha value is -2.15. The summed E-state index contributed by atoms with van der Waals surface area (Å²) in [7, 11) is -7.93. The van der Waals surface area contributed by atoms with E-state index in [4.69, 9.17) is 27.4 Å². The first-order chi connectivity index (χ1) is 35.5. The van der Waals surface area contributed by atoms with Crippen LogP contribution in [0.5, 0.6) is 0 Å². The predicted octanol–water partition coefficient (Wildman–Crippen LogP) is 14.9. The zero-order valence-electron chi connectivity index (χ0n) is 48.3. The SMILES string of the molecule is CCOP(=O)(OCC)C(C(=O)[O-])[C@@H](C[C@H](O[Si](C(C)C)(C(C)C)C(C)C)C(C)=CC=C[C@@H](C)[C@H]1C[C@@H](CCO[Si](c2ccccc2)(c2ccccc2)C(C)(C)C)C[C@H](Sc2ccccc2)O1)[C@H](C)[C@@H](OC)C(C)=CI. The molecule has 1 aliphatic rings. The van der Waals surface area contributed by atoms with Gasteiger partial charge in [-0.2, -0.15) is 0 Å². The van der Waals surface area contributed by atoms with Crippen LogP contribution in [0.15, 0.2) is 129 Å². The average molecular weight is 1220 g/mol. The molecular weight excluding hydrogens is 1120 g/mol. The maximum absolute atomic E-state index is 14.8. The summed E-state index contributed by atoms with van der Waals surface area (Å²) in [6, 6.07) is 32.3. The van der Waals surface area contributed by atoms with Gasteiger partial charge in [0.1, 0.15) is 11.1 Å². The molecule has 4 rings (SSSR count). The minimum atomic E-state index is -4.25. The van der Waals surface area contributed by atoms with Crippen LogP contribution in [-0.2, 0) is 36.7 Å². The van der Waals surface area contributed by atoms with Crippen molar-refractivity contribution in [3.63, 3.8) is 0 Å². The molecule has 1 unspecified atom stereocenters. The molecule has 1 aliphatic heterocycles. The highest BCUT2D eigenvalue weighted by molar-refractivity contribution is 14.1. The van der Waals surface area contributed by atoms with Gasteiger partial charge >= 0.3 is 7.60 Å². The van der Waals surface area contributed by atoms with Crippen LogP contribution >= 0.6 is 41.9 Å². The number of carboxylic acid groups (broad SMARTS) is 1. The van der Waals surface area contributed by atoms with Crippen molar-refractivity contribution in [3.8, 4) is 0 Å². The smallest absolute Gasteiger partial charge is 0.339 e. The van der Waals surface area contributed by atoms with Crippen molar-refractivity contribution < 1.29 is 41.8 Å². The Morgan fingerprint density at radius 1 is 0.827 bits per heavy atom. The number of rotatable bonds is 30. The van der Waals surface area contributed by atoms with Crippen LogP contribution in [0.2, 0.25) is 21.7 Å². The van der Waals surface area contributed by atoms with Gasteiger partial charge in [0.25, 0.3) is 8.32 Å². The minimum Gasteiger partial charge on any atom is -0.549 e. The number of thioether (sulfide) groups is 1. The molecule has 0 N–H and O–H groups in total. The lowest BCUT2D eigenvalue weighted by Crippen LogP contribution is -2.66. The molecule has 1 heterocycles. The molecule has 0 aliphatic carbocycles. The Morgan fingerprint density at radius 2 is 1.35 bits per heavy atom. The maximum Gasteiger partial charge on any atom is 0.339 e. The number of ether oxygens (including phenoxy) is 2. The van der Waals surface area contributed by atoms with E-state index in [9.17, 15) is 14.5 Å². The van der Waals surface area contributed by atoms with Crippen molar-refractivity contribution in [1.82, 2.24) is 0 Å². The van der Waals surface area contributed by atoms with Crippen molar-refractivity contribution in [3.05, 3.63) is 124 Å². The number of methoxy groups -OCH3 is 1. The van der Waals surface area contributed by atoms with E-state index in [-0.39, 0.29) is 58.8 Å². The summed E-state index contributed by atoms with van der Waals surface area (Å²) >= 11 is 3.99. The standard InChI is InChI=1S/C61H94IO9PSSi2/c1-17-67-72(65,68-18-2)59(60(63)64)54(49(12)58(66-16)48(11)42-62)41-56(71-74(43(3)4,44(5)6)45(7)8)47(10)30-28-29-46(9)55-39-50(40-57(70-55)73-51-31-22-19-23-32-51)37-38-69-75(61(13,14)15,52-33-24-20-25-34-52)53-35-26-21-27-36-53/h19-36,42-46,49-50,54-59H,17-18,37-41H2,1-16H3,(H,63,64)/p-1/t46-,49+,50-,54+,55-,56+,57+,58+,59?/m1/s1. The molecule has 0 saturated carbocycles. The summed E-state index contributed by atoms with van der Waals surface area (Å²) < 4.78 is 56.7. The lowest BCUT2D eigenvalue weighted by molar-refractivity contribution is -0.307. The first kappa shape index (κ1) is 65.4. The van der Waals surface area contributed by atoms with Gasteiger partial charge in [-0.15, -0.1) is 0 Å². The number of aliphatic carboxylic acids is 1. The molecule has 1 saturated heterocycles. The second kappa shape index (κ2) is 30.4. The van der Waals surface area contributed by atoms with Crippen LogP contribution in [0.4, 0.5) is 0 Å². The van der Waals surface area contributed by atoms with Crippen molar-refractivity contribution in [1.29, 1.82) is 0 Å². The number of benzene rings is 3. The van der Waals surface area contributed by atoms with E-state index >= 15 is 0 Å². The number of carbonyl (C=O) groups is 1. The predicted molar refractivity (Wildman–Crippen MR) is 325 cm³/mol. The fourth-order valence-electron chi connectivity index (χ4n) is 12.1. The zero-order valence-corrected chi connectivity index (χ0v) is 54.1. The average Bonchev–Trinajstić information content (AvgIpc) is 3.36. The summed E-state index contributed by atoms with van der Waals surface area (Å²) in [6.07, 6.45) is 8.40. The van der Waals surface area contributed by atoms with Gasteiger partial charge < -0.3 is 37.3 Å². The summed E-state index contributed by atoms with van der Waals surface area (Å²) in [4.78, 5) is 14.8. The minimum absolute atomic E-state index is 0.0152. The molecule has 0 spiro atoms. The highest BCUT2D eigenvalue weighted by atomic mass is 127. The monoisotopic (exact) mass is 1220 g/mol. The Balaban J connectivity index is 1.77. The van der Waals surface area contributed by atoms with Gasteiger partial charge in [-0.3, -0.25) is 4.57 Å². The summed E-state index contributed by atoms with van der Waals surface area (Å²) in [5.41, 5.74) is 1.01. The van der Waals surface area contributed by atoms with Crippen LogP contribution in [0.25, 0.3) is 0 Å². The number of hydrogen-bond acceptors (Lipinski definition) is 10. The second-order valence-corrected chi connectivity index (χ2v) is 36.4. The van der Waals surface area contributed by atoms with Crippen molar-refractivity contribution in [2.75, 3.05) is 26.9 Å². The normalized spacial score (nSPS) is 20.1. The number of hydrogen-bond donors (Lipinski definition) is 0. The number of allylic oxidation sites excluding steroid dienone is 2. The number of carbonyl (C=O) groups excluding carboxylic acids is 1. The Morgan fingerprint density at radius 3 is 1.80 bits per heavy atom. The van der Waals surface area contributed by atoms with Crippen molar-refractivity contribution >= 4 is 74.9 Å². The van der Waals surface area contributed by atoms with E-state index in [0.29, 0.717) is 12.5 Å². The van der Waals surface area contributed by atoms with Gasteiger partial charge in [0, 0.05) is 24.5 Å². The van der Waals surface area contributed by atoms with E-state index in [0.717, 1.165) is 30.4 Å². The van der Waals surface area contributed by atoms with Crippen LogP contribution in [0.1, 0.15) is 130 Å². The largest absolute Gasteiger partial charge is 0.549 e. The lowest BCUT2D eigenvalue weighted by Gasteiger charge is -2.47. The topological polar surface area (TPSA) is 113 Å². The zero-order chi connectivity index (χ0) is 55.7. The van der Waals surface area contributed by atoms with Crippen LogP contribution in [0.3, 0.4) is 0 Å². The van der Waals surface area contributed by atoms with Gasteiger partial charge in [0.2, 0.25) is 8.32 Å². The van der Waals surface area contributed by atoms with Gasteiger partial charge in [-0.1, -0.05) is 208 Å². The second-order valence-electron chi connectivity index (χ2n) is 22.7. The molecule has 0 radical (unpaired) electrons. The maximum atomic E-state index is 14.8. The lowest BCUT2D eigenvalue weighted by atomic mass is 9.79. The first-order valence-electron chi connectivity index (χ1n) is 27.5. The molecule has 3 aromatic rings. The van der Waals surface area contributed by atoms with E-state index in [1.54, 1.807) is 32.7 Å². The molecule has 0 bridgehead atoms. The Labute approximate surface area is 474 Å². The first-order valence-corrected chi connectivity index (χ1v) is 35.3. The van der Waals surface area contributed by atoms with Crippen molar-refractivity contribution in [2.24, 2.45) is 23.7 Å².